The monoisotopic (exact) mass is 384 g/mol. The van der Waals surface area contributed by atoms with Gasteiger partial charge in [0, 0.05) is 20.4 Å². The number of carbonyl (C=O) groups excluding carboxylic acids is 4. The molecule has 1 aromatic heterocycles. The van der Waals surface area contributed by atoms with E-state index in [9.17, 15) is 19.2 Å². The number of amides is 2. The molecule has 0 saturated heterocycles. The molecule has 8 nitrogen and oxygen atoms in total. The van der Waals surface area contributed by atoms with Gasteiger partial charge in [-0.3, -0.25) is 14.4 Å². The van der Waals surface area contributed by atoms with Crippen LogP contribution in [0.3, 0.4) is 0 Å². The van der Waals surface area contributed by atoms with Crippen molar-refractivity contribution in [3.63, 3.8) is 0 Å². The zero-order valence-electron chi connectivity index (χ0n) is 15.5. The molecule has 0 aromatic carbocycles. The van der Waals surface area contributed by atoms with E-state index in [-0.39, 0.29) is 12.5 Å². The Morgan fingerprint density at radius 1 is 1.19 bits per heavy atom. The Morgan fingerprint density at radius 3 is 2.35 bits per heavy atom. The lowest BCUT2D eigenvalue weighted by molar-refractivity contribution is -0.191. The summed E-state index contributed by atoms with van der Waals surface area (Å²) in [4.78, 5) is 47.8. The number of nitrogens with one attached hydrogen (secondary N) is 2. The van der Waals surface area contributed by atoms with Gasteiger partial charge in [0.25, 0.3) is 5.91 Å². The number of ether oxygens (including phenoxy) is 2. The fourth-order valence-corrected chi connectivity index (χ4v) is 2.37. The first-order valence-electron chi connectivity index (χ1n) is 8.01. The van der Waals surface area contributed by atoms with Gasteiger partial charge in [0.1, 0.15) is 6.04 Å². The minimum Gasteiger partial charge on any atom is -0.425 e. The van der Waals surface area contributed by atoms with Crippen molar-refractivity contribution in [3.8, 4) is 0 Å². The summed E-state index contributed by atoms with van der Waals surface area (Å²) >= 11 is 1.25. The summed E-state index contributed by atoms with van der Waals surface area (Å²) in [6.45, 7) is 7.49. The van der Waals surface area contributed by atoms with E-state index in [1.165, 1.54) is 25.2 Å². The van der Waals surface area contributed by atoms with Crippen LogP contribution < -0.4 is 10.6 Å². The average Bonchev–Trinajstić information content (AvgIpc) is 3.03. The van der Waals surface area contributed by atoms with Crippen molar-refractivity contribution in [2.24, 2.45) is 5.41 Å². The Labute approximate surface area is 156 Å². The molecular formula is C17H24N2O6S. The summed E-state index contributed by atoms with van der Waals surface area (Å²) in [6, 6.07) is 2.26. The van der Waals surface area contributed by atoms with E-state index < -0.39 is 35.6 Å². The molecule has 2 unspecified atom stereocenters. The lowest BCUT2D eigenvalue weighted by Gasteiger charge is -2.23. The molecular weight excluding hydrogens is 360 g/mol. The maximum absolute atomic E-state index is 12.2. The van der Waals surface area contributed by atoms with Gasteiger partial charge in [0.05, 0.1) is 10.3 Å². The third-order valence-corrected chi connectivity index (χ3v) is 3.91. The summed E-state index contributed by atoms with van der Waals surface area (Å²) in [6.07, 6.45) is -1.13. The number of esters is 2. The van der Waals surface area contributed by atoms with Gasteiger partial charge in [-0.05, 0) is 32.2 Å². The molecule has 0 radical (unpaired) electrons. The van der Waals surface area contributed by atoms with Crippen molar-refractivity contribution in [2.75, 3.05) is 6.54 Å². The molecule has 2 atom stereocenters. The second kappa shape index (κ2) is 9.33. The van der Waals surface area contributed by atoms with Crippen LogP contribution in [-0.4, -0.2) is 42.6 Å². The van der Waals surface area contributed by atoms with E-state index in [1.54, 1.807) is 38.3 Å². The minimum atomic E-state index is -1.13. The first-order valence-corrected chi connectivity index (χ1v) is 8.89. The minimum absolute atomic E-state index is 0.158. The van der Waals surface area contributed by atoms with Gasteiger partial charge in [-0.2, -0.15) is 0 Å². The molecule has 2 N–H and O–H groups in total. The van der Waals surface area contributed by atoms with Crippen molar-refractivity contribution in [2.45, 2.75) is 47.0 Å². The molecule has 0 aliphatic carbocycles. The third-order valence-electron chi connectivity index (χ3n) is 3.04. The van der Waals surface area contributed by atoms with Gasteiger partial charge in [-0.25, -0.2) is 4.79 Å². The maximum atomic E-state index is 12.2. The zero-order chi connectivity index (χ0) is 19.9. The Morgan fingerprint density at radius 2 is 1.85 bits per heavy atom. The molecule has 0 saturated carbocycles. The van der Waals surface area contributed by atoms with Gasteiger partial charge in [0.15, 0.2) is 0 Å². The Kier molecular flexibility index (Phi) is 7.76. The van der Waals surface area contributed by atoms with Crippen LogP contribution in [0.2, 0.25) is 0 Å². The summed E-state index contributed by atoms with van der Waals surface area (Å²) in [5.74, 6) is -2.17. The number of hydrogen-bond donors (Lipinski definition) is 2. The predicted octanol–water partition coefficient (Wildman–Crippen LogP) is 1.46. The third kappa shape index (κ3) is 7.22. The van der Waals surface area contributed by atoms with E-state index in [1.807, 2.05) is 0 Å². The molecule has 0 bridgehead atoms. The van der Waals surface area contributed by atoms with E-state index in [4.69, 9.17) is 9.47 Å². The number of thiophene rings is 1. The molecule has 0 fully saturated rings. The lowest BCUT2D eigenvalue weighted by Crippen LogP contribution is -2.49. The summed E-state index contributed by atoms with van der Waals surface area (Å²) in [7, 11) is 0. The summed E-state index contributed by atoms with van der Waals surface area (Å²) in [5.41, 5.74) is -0.744. The number of carbonyl (C=O) groups is 4. The molecule has 1 rings (SSSR count). The Bertz CT molecular complexity index is 651. The fourth-order valence-electron chi connectivity index (χ4n) is 1.73. The summed E-state index contributed by atoms with van der Waals surface area (Å²) in [5, 5.41) is 6.71. The molecule has 1 aromatic rings. The molecule has 9 heteroatoms. The highest BCUT2D eigenvalue weighted by atomic mass is 32.1. The Balaban J connectivity index is 2.63. The molecule has 0 spiro atoms. The van der Waals surface area contributed by atoms with Crippen molar-refractivity contribution >= 4 is 35.1 Å². The Hall–Kier alpha value is -2.42. The quantitative estimate of drug-likeness (QED) is 0.544. The predicted molar refractivity (Wildman–Crippen MR) is 95.4 cm³/mol. The lowest BCUT2D eigenvalue weighted by atomic mass is 9.97. The van der Waals surface area contributed by atoms with E-state index in [2.05, 4.69) is 10.6 Å². The SMILES string of the molecule is CC(=O)NC(CNC(=O)c1cccs1)C(=O)OC(C)OC(=O)C(C)(C)C. The van der Waals surface area contributed by atoms with E-state index in [0.29, 0.717) is 4.88 Å². The molecule has 2 amide bonds. The van der Waals surface area contributed by atoms with Gasteiger partial charge in [0.2, 0.25) is 12.2 Å². The molecule has 144 valence electrons. The second-order valence-corrected chi connectivity index (χ2v) is 7.55. The van der Waals surface area contributed by atoms with Crippen LogP contribution in [0.4, 0.5) is 0 Å². The fraction of sp³-hybridized carbons (Fsp3) is 0.529. The number of hydrogen-bond acceptors (Lipinski definition) is 7. The van der Waals surface area contributed by atoms with Crippen LogP contribution >= 0.6 is 11.3 Å². The molecule has 0 aliphatic heterocycles. The molecule has 1 heterocycles. The first-order chi connectivity index (χ1) is 12.0. The van der Waals surface area contributed by atoms with Crippen LogP contribution in [0.1, 0.15) is 44.3 Å². The highest BCUT2D eigenvalue weighted by Crippen LogP contribution is 2.16. The van der Waals surface area contributed by atoms with Crippen molar-refractivity contribution in [1.29, 1.82) is 0 Å². The topological polar surface area (TPSA) is 111 Å². The molecule has 26 heavy (non-hydrogen) atoms. The van der Waals surface area contributed by atoms with Crippen LogP contribution in [-0.2, 0) is 23.9 Å². The highest BCUT2D eigenvalue weighted by Gasteiger charge is 2.28. The molecule has 0 aliphatic rings. The zero-order valence-corrected chi connectivity index (χ0v) is 16.3. The standard InChI is InChI=1S/C17H24N2O6S/c1-10(20)19-12(9-18-14(21)13-7-6-8-26-13)15(22)24-11(2)25-16(23)17(3,4)5/h6-8,11-12H,9H2,1-5H3,(H,18,21)(H,19,20). The smallest absolute Gasteiger partial charge is 0.333 e. The van der Waals surface area contributed by atoms with Gasteiger partial charge in [-0.1, -0.05) is 6.07 Å². The van der Waals surface area contributed by atoms with Gasteiger partial charge >= 0.3 is 11.9 Å². The van der Waals surface area contributed by atoms with Crippen LogP contribution in [0.15, 0.2) is 17.5 Å². The van der Waals surface area contributed by atoms with Gasteiger partial charge < -0.3 is 20.1 Å². The van der Waals surface area contributed by atoms with Crippen LogP contribution in [0, 0.1) is 5.41 Å². The van der Waals surface area contributed by atoms with Crippen molar-refractivity contribution in [1.82, 2.24) is 10.6 Å². The van der Waals surface area contributed by atoms with Gasteiger partial charge in [-0.15, -0.1) is 11.3 Å². The van der Waals surface area contributed by atoms with Crippen molar-refractivity contribution < 1.29 is 28.7 Å². The average molecular weight is 384 g/mol. The van der Waals surface area contributed by atoms with Crippen LogP contribution in [0.5, 0.6) is 0 Å². The number of rotatable bonds is 7. The first kappa shape index (κ1) is 21.6. The largest absolute Gasteiger partial charge is 0.425 e. The maximum Gasteiger partial charge on any atom is 0.333 e. The second-order valence-electron chi connectivity index (χ2n) is 6.60. The van der Waals surface area contributed by atoms with E-state index >= 15 is 0 Å². The highest BCUT2D eigenvalue weighted by molar-refractivity contribution is 7.12. The summed E-state index contributed by atoms with van der Waals surface area (Å²) < 4.78 is 10.1. The normalized spacial score (nSPS) is 13.3. The van der Waals surface area contributed by atoms with Crippen LogP contribution in [0.25, 0.3) is 0 Å². The van der Waals surface area contributed by atoms with Crippen molar-refractivity contribution in [3.05, 3.63) is 22.4 Å². The van der Waals surface area contributed by atoms with E-state index in [0.717, 1.165) is 0 Å².